The number of aliphatic hydroxyl groups excluding tert-OH is 1. The van der Waals surface area contributed by atoms with Gasteiger partial charge in [-0.25, -0.2) is 0 Å². The summed E-state index contributed by atoms with van der Waals surface area (Å²) < 4.78 is 0. The Morgan fingerprint density at radius 1 is 1.04 bits per heavy atom. The maximum absolute atomic E-state index is 12.6. The van der Waals surface area contributed by atoms with E-state index in [9.17, 15) is 9.90 Å². The lowest BCUT2D eigenvalue weighted by molar-refractivity contribution is -0.135. The smallest absolute Gasteiger partial charge is 0.227 e. The first kappa shape index (κ1) is 16.7. The number of carbonyl (C=O) groups is 1. The van der Waals surface area contributed by atoms with Crippen LogP contribution in [-0.2, 0) is 11.2 Å². The zero-order valence-electron chi connectivity index (χ0n) is 14.2. The standard InChI is InChI=1S/C21H25NO2/c1-16-7-8-18(15-23)14-22(16)21(24)13-17-9-11-20(12-10-17)19-5-3-2-4-6-19/h2-6,9-12,16,18,23H,7-8,13-15H2,1H3. The van der Waals surface area contributed by atoms with Gasteiger partial charge in [-0.15, -0.1) is 0 Å². The van der Waals surface area contributed by atoms with Crippen molar-refractivity contribution in [3.63, 3.8) is 0 Å². The van der Waals surface area contributed by atoms with Gasteiger partial charge < -0.3 is 10.0 Å². The van der Waals surface area contributed by atoms with Crippen LogP contribution in [-0.4, -0.2) is 35.1 Å². The van der Waals surface area contributed by atoms with Gasteiger partial charge in [-0.1, -0.05) is 54.6 Å². The van der Waals surface area contributed by atoms with Gasteiger partial charge in [-0.2, -0.15) is 0 Å². The highest BCUT2D eigenvalue weighted by Crippen LogP contribution is 2.23. The molecule has 126 valence electrons. The van der Waals surface area contributed by atoms with E-state index in [0.717, 1.165) is 18.4 Å². The van der Waals surface area contributed by atoms with Crippen molar-refractivity contribution in [1.29, 1.82) is 0 Å². The van der Waals surface area contributed by atoms with Gasteiger partial charge in [0.2, 0.25) is 5.91 Å². The molecule has 1 N–H and O–H groups in total. The molecule has 3 heteroatoms. The van der Waals surface area contributed by atoms with Gasteiger partial charge in [0.05, 0.1) is 6.42 Å². The first-order valence-corrected chi connectivity index (χ1v) is 8.72. The minimum Gasteiger partial charge on any atom is -0.396 e. The average Bonchev–Trinajstić information content (AvgIpc) is 2.63. The number of rotatable bonds is 4. The number of aliphatic hydroxyl groups is 1. The average molecular weight is 323 g/mol. The monoisotopic (exact) mass is 323 g/mol. The SMILES string of the molecule is CC1CCC(CO)CN1C(=O)Cc1ccc(-c2ccccc2)cc1. The summed E-state index contributed by atoms with van der Waals surface area (Å²) in [5.74, 6) is 0.388. The molecule has 2 atom stereocenters. The quantitative estimate of drug-likeness (QED) is 0.935. The van der Waals surface area contributed by atoms with E-state index in [4.69, 9.17) is 0 Å². The van der Waals surface area contributed by atoms with Crippen LogP contribution in [0.1, 0.15) is 25.3 Å². The predicted molar refractivity (Wildman–Crippen MR) is 96.6 cm³/mol. The molecular formula is C21H25NO2. The summed E-state index contributed by atoms with van der Waals surface area (Å²) in [6.45, 7) is 2.95. The number of piperidine rings is 1. The highest BCUT2D eigenvalue weighted by molar-refractivity contribution is 5.79. The lowest BCUT2D eigenvalue weighted by Crippen LogP contribution is -2.46. The molecular weight excluding hydrogens is 298 g/mol. The number of benzene rings is 2. The fraction of sp³-hybridized carbons (Fsp3) is 0.381. The van der Waals surface area contributed by atoms with Gasteiger partial charge in [0.25, 0.3) is 0 Å². The fourth-order valence-electron chi connectivity index (χ4n) is 3.40. The van der Waals surface area contributed by atoms with E-state index in [0.29, 0.717) is 13.0 Å². The highest BCUT2D eigenvalue weighted by atomic mass is 16.3. The Labute approximate surface area is 143 Å². The predicted octanol–water partition coefficient (Wildman–Crippen LogP) is 3.52. The summed E-state index contributed by atoms with van der Waals surface area (Å²) in [6.07, 6.45) is 2.41. The molecule has 0 bridgehead atoms. The van der Waals surface area contributed by atoms with E-state index >= 15 is 0 Å². The minimum atomic E-state index is 0.160. The van der Waals surface area contributed by atoms with Crippen molar-refractivity contribution in [1.82, 2.24) is 4.90 Å². The molecule has 2 aromatic carbocycles. The first-order chi connectivity index (χ1) is 11.7. The molecule has 0 saturated carbocycles. The van der Waals surface area contributed by atoms with Crippen LogP contribution < -0.4 is 0 Å². The third-order valence-electron chi connectivity index (χ3n) is 4.97. The summed E-state index contributed by atoms with van der Waals surface area (Å²) in [7, 11) is 0. The normalized spacial score (nSPS) is 20.8. The topological polar surface area (TPSA) is 40.5 Å². The van der Waals surface area contributed by atoms with Gasteiger partial charge in [0.15, 0.2) is 0 Å². The molecule has 0 spiro atoms. The molecule has 2 unspecified atom stereocenters. The molecule has 1 aliphatic heterocycles. The summed E-state index contributed by atoms with van der Waals surface area (Å²) in [5, 5.41) is 9.37. The van der Waals surface area contributed by atoms with Crippen LogP contribution in [0.15, 0.2) is 54.6 Å². The lowest BCUT2D eigenvalue weighted by atomic mass is 9.93. The van der Waals surface area contributed by atoms with Crippen LogP contribution in [0.4, 0.5) is 0 Å². The molecule has 1 fully saturated rings. The molecule has 24 heavy (non-hydrogen) atoms. The Morgan fingerprint density at radius 3 is 2.38 bits per heavy atom. The van der Waals surface area contributed by atoms with Crippen molar-refractivity contribution in [3.05, 3.63) is 60.2 Å². The third kappa shape index (κ3) is 3.85. The van der Waals surface area contributed by atoms with Crippen LogP contribution in [0.5, 0.6) is 0 Å². The molecule has 1 saturated heterocycles. The van der Waals surface area contributed by atoms with Crippen LogP contribution in [0, 0.1) is 5.92 Å². The van der Waals surface area contributed by atoms with Gasteiger partial charge >= 0.3 is 0 Å². The summed E-state index contributed by atoms with van der Waals surface area (Å²) in [4.78, 5) is 14.6. The maximum Gasteiger partial charge on any atom is 0.227 e. The van der Waals surface area contributed by atoms with E-state index in [2.05, 4.69) is 31.2 Å². The van der Waals surface area contributed by atoms with Gasteiger partial charge in [0.1, 0.15) is 0 Å². The number of hydrogen-bond acceptors (Lipinski definition) is 2. The highest BCUT2D eigenvalue weighted by Gasteiger charge is 2.28. The second-order valence-corrected chi connectivity index (χ2v) is 6.76. The van der Waals surface area contributed by atoms with Crippen molar-refractivity contribution >= 4 is 5.91 Å². The summed E-state index contributed by atoms with van der Waals surface area (Å²) >= 11 is 0. The molecule has 0 aromatic heterocycles. The van der Waals surface area contributed by atoms with E-state index in [1.165, 1.54) is 11.1 Å². The third-order valence-corrected chi connectivity index (χ3v) is 4.97. The second kappa shape index (κ2) is 7.63. The Hall–Kier alpha value is -2.13. The number of carbonyl (C=O) groups excluding carboxylic acids is 1. The molecule has 2 aromatic rings. The van der Waals surface area contributed by atoms with Gasteiger partial charge in [-0.3, -0.25) is 4.79 Å². The number of amides is 1. The summed E-state index contributed by atoms with van der Waals surface area (Å²) in [5.41, 5.74) is 3.39. The molecule has 1 amide bonds. The van der Waals surface area contributed by atoms with Crippen molar-refractivity contribution < 1.29 is 9.90 Å². The van der Waals surface area contributed by atoms with E-state index < -0.39 is 0 Å². The van der Waals surface area contributed by atoms with Crippen molar-refractivity contribution in [3.8, 4) is 11.1 Å². The van der Waals surface area contributed by atoms with Crippen molar-refractivity contribution in [2.24, 2.45) is 5.92 Å². The van der Waals surface area contributed by atoms with Crippen LogP contribution in [0.3, 0.4) is 0 Å². The molecule has 3 nitrogen and oxygen atoms in total. The maximum atomic E-state index is 12.6. The number of likely N-dealkylation sites (tertiary alicyclic amines) is 1. The largest absolute Gasteiger partial charge is 0.396 e. The van der Waals surface area contributed by atoms with E-state index in [-0.39, 0.29) is 24.5 Å². The van der Waals surface area contributed by atoms with Crippen LogP contribution >= 0.6 is 0 Å². The Balaban J connectivity index is 1.66. The van der Waals surface area contributed by atoms with E-state index in [1.54, 1.807) is 0 Å². The Kier molecular flexibility index (Phi) is 5.31. The van der Waals surface area contributed by atoms with Gasteiger partial charge in [-0.05, 0) is 42.4 Å². The minimum absolute atomic E-state index is 0.160. The number of hydrogen-bond donors (Lipinski definition) is 1. The van der Waals surface area contributed by atoms with Crippen molar-refractivity contribution in [2.45, 2.75) is 32.2 Å². The van der Waals surface area contributed by atoms with Crippen molar-refractivity contribution in [2.75, 3.05) is 13.2 Å². The first-order valence-electron chi connectivity index (χ1n) is 8.72. The summed E-state index contributed by atoms with van der Waals surface area (Å²) in [6, 6.07) is 18.7. The van der Waals surface area contributed by atoms with Gasteiger partial charge in [0, 0.05) is 19.2 Å². The fourth-order valence-corrected chi connectivity index (χ4v) is 3.40. The van der Waals surface area contributed by atoms with Crippen LogP contribution in [0.2, 0.25) is 0 Å². The zero-order chi connectivity index (χ0) is 16.9. The Morgan fingerprint density at radius 2 is 1.71 bits per heavy atom. The lowest BCUT2D eigenvalue weighted by Gasteiger charge is -2.37. The molecule has 1 heterocycles. The number of nitrogens with zero attached hydrogens (tertiary/aromatic N) is 1. The zero-order valence-corrected chi connectivity index (χ0v) is 14.2. The second-order valence-electron chi connectivity index (χ2n) is 6.76. The molecule has 1 aliphatic rings. The van der Waals surface area contributed by atoms with Crippen LogP contribution in [0.25, 0.3) is 11.1 Å². The Bertz CT molecular complexity index is 666. The van der Waals surface area contributed by atoms with E-state index in [1.807, 2.05) is 35.2 Å². The molecule has 0 radical (unpaired) electrons. The molecule has 0 aliphatic carbocycles. The molecule has 3 rings (SSSR count).